The van der Waals surface area contributed by atoms with Gasteiger partial charge in [-0.05, 0) is 179 Å². The highest BCUT2D eigenvalue weighted by atomic mass is 15.0. The molecule has 0 fully saturated rings. The van der Waals surface area contributed by atoms with Crippen LogP contribution in [0, 0.1) is 5.92 Å². The van der Waals surface area contributed by atoms with Gasteiger partial charge in [0.25, 0.3) is 0 Å². The first kappa shape index (κ1) is 81.4. The Hall–Kier alpha value is -12.7. The van der Waals surface area contributed by atoms with Crippen molar-refractivity contribution in [3.05, 3.63) is 368 Å². The van der Waals surface area contributed by atoms with Crippen LogP contribution in [0.2, 0.25) is 0 Å². The topological polar surface area (TPSA) is 24.6 Å². The van der Waals surface area contributed by atoms with Crippen LogP contribution in [0.4, 0.5) is 0 Å². The monoisotopic (exact) mass is 1550 g/mol. The molecule has 5 aromatic heterocycles. The Bertz CT molecular complexity index is 6880. The van der Waals surface area contributed by atoms with Gasteiger partial charge in [-0.25, -0.2) is 0 Å². The van der Waals surface area contributed by atoms with Crippen LogP contribution in [0.15, 0.2) is 346 Å². The second-order valence-corrected chi connectivity index (χ2v) is 36.9. The summed E-state index contributed by atoms with van der Waals surface area (Å²) in [7, 11) is 8.68. The number of hydrogen-bond donors (Lipinski definition) is 0. The summed E-state index contributed by atoms with van der Waals surface area (Å²) in [5.74, 6) is 0.833. The van der Waals surface area contributed by atoms with Crippen molar-refractivity contribution in [3.8, 4) is 50.2 Å². The SMILES string of the molecule is CC(C)C.Cn1c2cc(-c3ccccc3)ccc2c2c(C(C)(C)C)cccc21.Cn1c2cc(-c3ccccc3)ccc2c2ccc(C(C)(C)C)cc21.Cn1c2ccc(-c3ccccc3)cc2c2cc(C(C)(C)C)ccc21.Cn1c2ccc(-c3ccccc3)cc2c2cccc(C(C)(C)C)c21.c1ccc(-n2c3ccccc3c3ccccc32)cc1. The van der Waals surface area contributed by atoms with E-state index in [-0.39, 0.29) is 21.7 Å². The smallest absolute Gasteiger partial charge is 0.0541 e. The fraction of sp³-hybridized carbons (Fsp3) is 0.211. The van der Waals surface area contributed by atoms with Crippen molar-refractivity contribution in [2.75, 3.05) is 0 Å². The molecule has 0 saturated heterocycles. The van der Waals surface area contributed by atoms with Crippen LogP contribution < -0.4 is 0 Å². The Morgan fingerprint density at radius 2 is 0.513 bits per heavy atom. The normalized spacial score (nSPS) is 11.9. The lowest BCUT2D eigenvalue weighted by Gasteiger charge is -2.21. The molecule has 119 heavy (non-hydrogen) atoms. The van der Waals surface area contributed by atoms with Crippen molar-refractivity contribution < 1.29 is 0 Å². The summed E-state index contributed by atoms with van der Waals surface area (Å²) in [6.07, 6.45) is 0. The molecule has 0 saturated carbocycles. The van der Waals surface area contributed by atoms with Crippen molar-refractivity contribution in [1.82, 2.24) is 22.8 Å². The summed E-state index contributed by atoms with van der Waals surface area (Å²) in [5.41, 5.74) is 30.5. The lowest BCUT2D eigenvalue weighted by molar-refractivity contribution is 0.590. The number of rotatable bonds is 5. The quantitative estimate of drug-likeness (QED) is 0.164. The van der Waals surface area contributed by atoms with E-state index in [9.17, 15) is 0 Å². The van der Waals surface area contributed by atoms with Gasteiger partial charge in [0, 0.05) is 126 Å². The predicted octanol–water partition coefficient (Wildman–Crippen LogP) is 31.6. The van der Waals surface area contributed by atoms with Crippen LogP contribution in [-0.2, 0) is 49.9 Å². The van der Waals surface area contributed by atoms with E-state index in [4.69, 9.17) is 0 Å². The number of hydrogen-bond acceptors (Lipinski definition) is 0. The molecule has 596 valence electrons. The molecule has 0 amide bonds. The molecule has 0 N–H and O–H groups in total. The van der Waals surface area contributed by atoms with Crippen molar-refractivity contribution in [2.45, 2.75) is 126 Å². The fourth-order valence-corrected chi connectivity index (χ4v) is 17.1. The summed E-state index contributed by atoms with van der Waals surface area (Å²) in [6.45, 7) is 33.9. The molecule has 0 bridgehead atoms. The molecule has 5 heteroatoms. The van der Waals surface area contributed by atoms with Crippen molar-refractivity contribution in [2.24, 2.45) is 34.1 Å². The molecule has 0 aliphatic heterocycles. The lowest BCUT2D eigenvalue weighted by atomic mass is 9.84. The van der Waals surface area contributed by atoms with Crippen LogP contribution in [0.3, 0.4) is 0 Å². The third kappa shape index (κ3) is 16.7. The van der Waals surface area contributed by atoms with Crippen LogP contribution in [-0.4, -0.2) is 22.8 Å². The molecule has 15 aromatic carbocycles. The van der Waals surface area contributed by atoms with E-state index in [0.717, 1.165) is 5.92 Å². The second-order valence-electron chi connectivity index (χ2n) is 36.9. The first-order valence-electron chi connectivity index (χ1n) is 42.4. The van der Waals surface area contributed by atoms with Gasteiger partial charge in [-0.15, -0.1) is 0 Å². The first-order chi connectivity index (χ1) is 57.0. The molecular formula is C114H115N5. The average Bonchev–Trinajstić information content (AvgIpc) is 1.61. The number of para-hydroxylation sites is 4. The van der Waals surface area contributed by atoms with Crippen molar-refractivity contribution >= 4 is 109 Å². The van der Waals surface area contributed by atoms with E-state index in [1.165, 1.54) is 181 Å². The van der Waals surface area contributed by atoms with Gasteiger partial charge < -0.3 is 22.8 Å². The summed E-state index contributed by atoms with van der Waals surface area (Å²) >= 11 is 0. The summed E-state index contributed by atoms with van der Waals surface area (Å²) in [4.78, 5) is 0. The maximum Gasteiger partial charge on any atom is 0.0541 e. The maximum absolute atomic E-state index is 2.37. The molecule has 5 nitrogen and oxygen atoms in total. The van der Waals surface area contributed by atoms with E-state index in [1.807, 2.05) is 0 Å². The number of benzene rings is 15. The minimum Gasteiger partial charge on any atom is -0.344 e. The first-order valence-corrected chi connectivity index (χ1v) is 42.4. The third-order valence-corrected chi connectivity index (χ3v) is 23.4. The minimum absolute atomic E-state index is 0.129. The van der Waals surface area contributed by atoms with Gasteiger partial charge in [0.2, 0.25) is 0 Å². The van der Waals surface area contributed by atoms with Crippen molar-refractivity contribution in [1.29, 1.82) is 0 Å². The number of aryl methyl sites for hydroxylation is 4. The van der Waals surface area contributed by atoms with Crippen LogP contribution >= 0.6 is 0 Å². The van der Waals surface area contributed by atoms with E-state index >= 15 is 0 Å². The lowest BCUT2D eigenvalue weighted by Crippen LogP contribution is -2.12. The molecular weight excluding hydrogens is 1440 g/mol. The molecule has 0 aliphatic rings. The van der Waals surface area contributed by atoms with Gasteiger partial charge in [0.15, 0.2) is 0 Å². The number of aromatic nitrogens is 5. The summed E-state index contributed by atoms with van der Waals surface area (Å²) in [5, 5.41) is 13.4. The average molecular weight is 1560 g/mol. The molecule has 20 aromatic rings. The van der Waals surface area contributed by atoms with Gasteiger partial charge in [-0.2, -0.15) is 0 Å². The van der Waals surface area contributed by atoms with Gasteiger partial charge in [-0.3, -0.25) is 0 Å². The van der Waals surface area contributed by atoms with E-state index in [2.05, 4.69) is 501 Å². The standard InChI is InChI=1S/4C23H23N.C18H13N.C4H10/c1-23(2,3)19-11-8-12-20-22(19)18-14-13-17(15-21(18)24(20)4)16-9-6-5-7-10-16;1-23(2,3)20-12-8-11-18-19-15-17(16-9-6-5-7-10-16)13-14-21(19)24(4)22(18)20;1-23(2,3)18-11-13-22-20(15-18)19-14-17(10-12-21(19)24(22)4)16-8-6-5-7-9-16;1-23(2,3)18-11-13-20-19-12-10-17(16-8-6-5-7-9-16)14-21(19)24(4)22(20)15-18;1-2-8-14(9-3-1)19-17-12-6-4-10-15(17)16-11-5-7-13-18(16)19;1-4(2)3/h4*5-15H,1-4H3;1-13H;4H,1-3H3. The van der Waals surface area contributed by atoms with Crippen LogP contribution in [0.1, 0.15) is 126 Å². The number of fused-ring (bicyclic) bond motifs is 15. The third-order valence-electron chi connectivity index (χ3n) is 23.4. The molecule has 5 heterocycles. The zero-order valence-electron chi connectivity index (χ0n) is 73.2. The Kier molecular flexibility index (Phi) is 22.8. The fourth-order valence-electron chi connectivity index (χ4n) is 17.1. The largest absolute Gasteiger partial charge is 0.344 e. The van der Waals surface area contributed by atoms with Crippen molar-refractivity contribution in [3.63, 3.8) is 0 Å². The highest BCUT2D eigenvalue weighted by Crippen LogP contribution is 2.43. The van der Waals surface area contributed by atoms with Gasteiger partial charge in [0.05, 0.1) is 16.6 Å². The second kappa shape index (κ2) is 33.4. The van der Waals surface area contributed by atoms with E-state index in [0.29, 0.717) is 0 Å². The molecule has 0 spiro atoms. The minimum atomic E-state index is 0.129. The predicted molar refractivity (Wildman–Crippen MR) is 520 cm³/mol. The molecule has 20 rings (SSSR count). The van der Waals surface area contributed by atoms with Crippen LogP contribution in [0.5, 0.6) is 0 Å². The van der Waals surface area contributed by atoms with Gasteiger partial charge >= 0.3 is 0 Å². The van der Waals surface area contributed by atoms with E-state index < -0.39 is 0 Å². The highest BCUT2D eigenvalue weighted by molar-refractivity contribution is 6.14. The Morgan fingerprint density at radius 1 is 0.202 bits per heavy atom. The van der Waals surface area contributed by atoms with Crippen LogP contribution in [0.25, 0.3) is 159 Å². The Balaban J connectivity index is 0.000000115. The van der Waals surface area contributed by atoms with E-state index in [1.54, 1.807) is 0 Å². The number of nitrogens with zero attached hydrogens (tertiary/aromatic N) is 5. The maximum atomic E-state index is 2.37. The zero-order chi connectivity index (χ0) is 83.8. The Labute approximate surface area is 705 Å². The molecule has 0 aliphatic carbocycles. The Morgan fingerprint density at radius 3 is 0.992 bits per heavy atom. The van der Waals surface area contributed by atoms with Gasteiger partial charge in [-0.1, -0.05) is 365 Å². The molecule has 0 radical (unpaired) electrons. The summed E-state index contributed by atoms with van der Waals surface area (Å²) < 4.78 is 11.6. The zero-order valence-corrected chi connectivity index (χ0v) is 73.2. The molecule has 0 atom stereocenters. The molecule has 0 unspecified atom stereocenters. The summed E-state index contributed by atoms with van der Waals surface area (Å²) in [6, 6.07) is 125. The van der Waals surface area contributed by atoms with Gasteiger partial charge in [0.1, 0.15) is 0 Å². The highest BCUT2D eigenvalue weighted by Gasteiger charge is 2.25.